The zero-order chi connectivity index (χ0) is 14.8. The number of rotatable bonds is 4. The fourth-order valence-corrected chi connectivity index (χ4v) is 1.81. The van der Waals surface area contributed by atoms with E-state index in [1.54, 1.807) is 0 Å². The Morgan fingerprint density at radius 2 is 1.90 bits per heavy atom. The van der Waals surface area contributed by atoms with Gasteiger partial charge in [-0.15, -0.1) is 10.2 Å². The van der Waals surface area contributed by atoms with Crippen molar-refractivity contribution < 1.29 is 14.3 Å². The molecule has 0 spiro atoms. The van der Waals surface area contributed by atoms with Crippen LogP contribution in [0.15, 0.2) is 34.7 Å². The Morgan fingerprint density at radius 1 is 1.25 bits per heavy atom. The van der Waals surface area contributed by atoms with Gasteiger partial charge < -0.3 is 9.52 Å². The molecule has 1 unspecified atom stereocenters. The molecule has 0 bridgehead atoms. The summed E-state index contributed by atoms with van der Waals surface area (Å²) in [5.74, 6) is -1.17. The molecular weight excluding hydrogens is 256 g/mol. The molecule has 0 fully saturated rings. The largest absolute Gasteiger partial charge is 0.481 e. The van der Waals surface area contributed by atoms with Crippen LogP contribution >= 0.6 is 0 Å². The molecule has 0 saturated carbocycles. The smallest absolute Gasteiger partial charge is 0.316 e. The molecule has 0 radical (unpaired) electrons. The van der Waals surface area contributed by atoms with Gasteiger partial charge in [0.05, 0.1) is 0 Å². The second-order valence-electron chi connectivity index (χ2n) is 5.78. The first kappa shape index (κ1) is 14.2. The first-order chi connectivity index (χ1) is 9.38. The lowest BCUT2D eigenvalue weighted by atomic mass is 9.97. The minimum Gasteiger partial charge on any atom is -0.481 e. The Morgan fingerprint density at radius 3 is 2.40 bits per heavy atom. The van der Waals surface area contributed by atoms with Crippen LogP contribution in [0.25, 0.3) is 0 Å². The van der Waals surface area contributed by atoms with Crippen LogP contribution in [0.5, 0.6) is 0 Å². The van der Waals surface area contributed by atoms with Crippen LogP contribution in [-0.4, -0.2) is 21.3 Å². The van der Waals surface area contributed by atoms with Gasteiger partial charge in [-0.1, -0.05) is 51.1 Å². The van der Waals surface area contributed by atoms with Crippen molar-refractivity contribution in [2.45, 2.75) is 38.5 Å². The summed E-state index contributed by atoms with van der Waals surface area (Å²) in [4.78, 5) is 11.4. The molecule has 20 heavy (non-hydrogen) atoms. The third kappa shape index (κ3) is 3.23. The van der Waals surface area contributed by atoms with E-state index in [0.29, 0.717) is 12.3 Å². The summed E-state index contributed by atoms with van der Waals surface area (Å²) >= 11 is 0. The van der Waals surface area contributed by atoms with Gasteiger partial charge in [0.25, 0.3) is 0 Å². The van der Waals surface area contributed by atoms with Crippen LogP contribution in [0.4, 0.5) is 0 Å². The van der Waals surface area contributed by atoms with Crippen molar-refractivity contribution in [1.29, 1.82) is 0 Å². The summed E-state index contributed by atoms with van der Waals surface area (Å²) < 4.78 is 5.54. The third-order valence-electron chi connectivity index (χ3n) is 2.96. The van der Waals surface area contributed by atoms with E-state index in [9.17, 15) is 9.90 Å². The van der Waals surface area contributed by atoms with E-state index in [0.717, 1.165) is 5.56 Å². The standard InChI is InChI=1S/C15H18N2O3/c1-15(2,3)14-17-16-12(20-14)11(13(18)19)9-10-7-5-4-6-8-10/h4-8,11H,9H2,1-3H3,(H,18,19). The Labute approximate surface area is 117 Å². The Hall–Kier alpha value is -2.17. The van der Waals surface area contributed by atoms with Gasteiger partial charge in [0.15, 0.2) is 0 Å². The van der Waals surface area contributed by atoms with Gasteiger partial charge in [-0.05, 0) is 12.0 Å². The zero-order valence-corrected chi connectivity index (χ0v) is 11.8. The molecule has 1 atom stereocenters. The minimum absolute atomic E-state index is 0.159. The number of carboxylic acid groups (broad SMARTS) is 1. The van der Waals surface area contributed by atoms with Crippen molar-refractivity contribution in [3.8, 4) is 0 Å². The lowest BCUT2D eigenvalue weighted by molar-refractivity contribution is -0.139. The SMILES string of the molecule is CC(C)(C)c1nnc(C(Cc2ccccc2)C(=O)O)o1. The Kier molecular flexibility index (Phi) is 3.88. The molecule has 5 heteroatoms. The van der Waals surface area contributed by atoms with E-state index >= 15 is 0 Å². The Balaban J connectivity index is 2.25. The van der Waals surface area contributed by atoms with E-state index in [2.05, 4.69) is 10.2 Å². The van der Waals surface area contributed by atoms with Crippen LogP contribution in [0, 0.1) is 0 Å². The fraction of sp³-hybridized carbons (Fsp3) is 0.400. The van der Waals surface area contributed by atoms with E-state index in [4.69, 9.17) is 4.42 Å². The molecule has 0 aliphatic heterocycles. The number of aromatic nitrogens is 2. The van der Waals surface area contributed by atoms with Crippen molar-refractivity contribution in [2.75, 3.05) is 0 Å². The quantitative estimate of drug-likeness (QED) is 0.927. The summed E-state index contributed by atoms with van der Waals surface area (Å²) in [6.45, 7) is 5.83. The van der Waals surface area contributed by atoms with Crippen molar-refractivity contribution >= 4 is 5.97 Å². The average molecular weight is 274 g/mol. The van der Waals surface area contributed by atoms with Gasteiger partial charge >= 0.3 is 5.97 Å². The number of nitrogens with zero attached hydrogens (tertiary/aromatic N) is 2. The molecule has 0 amide bonds. The second-order valence-corrected chi connectivity index (χ2v) is 5.78. The van der Waals surface area contributed by atoms with Crippen molar-refractivity contribution in [3.63, 3.8) is 0 Å². The lowest BCUT2D eigenvalue weighted by Crippen LogP contribution is -2.15. The van der Waals surface area contributed by atoms with Crippen LogP contribution in [0.2, 0.25) is 0 Å². The van der Waals surface area contributed by atoms with E-state index in [1.807, 2.05) is 51.1 Å². The first-order valence-electron chi connectivity index (χ1n) is 6.48. The molecule has 1 heterocycles. The minimum atomic E-state index is -0.960. The number of hydrogen-bond donors (Lipinski definition) is 1. The van der Waals surface area contributed by atoms with Crippen molar-refractivity contribution in [1.82, 2.24) is 10.2 Å². The molecule has 1 aromatic carbocycles. The Bertz CT molecular complexity index is 585. The van der Waals surface area contributed by atoms with E-state index < -0.39 is 11.9 Å². The maximum Gasteiger partial charge on any atom is 0.316 e. The lowest BCUT2D eigenvalue weighted by Gasteiger charge is -2.12. The second kappa shape index (κ2) is 5.45. The summed E-state index contributed by atoms with van der Waals surface area (Å²) in [7, 11) is 0. The highest BCUT2D eigenvalue weighted by molar-refractivity contribution is 5.75. The molecule has 2 rings (SSSR count). The molecule has 5 nitrogen and oxygen atoms in total. The molecule has 0 aliphatic rings. The highest BCUT2D eigenvalue weighted by Crippen LogP contribution is 2.25. The molecule has 0 aliphatic carbocycles. The highest BCUT2D eigenvalue weighted by Gasteiger charge is 2.29. The number of hydrogen-bond acceptors (Lipinski definition) is 4. The summed E-state index contributed by atoms with van der Waals surface area (Å²) in [5, 5.41) is 17.2. The maximum atomic E-state index is 11.4. The summed E-state index contributed by atoms with van der Waals surface area (Å²) in [6.07, 6.45) is 0.335. The van der Waals surface area contributed by atoms with Crippen LogP contribution in [-0.2, 0) is 16.6 Å². The molecule has 106 valence electrons. The number of aliphatic carboxylic acids is 1. The molecule has 1 aromatic heterocycles. The average Bonchev–Trinajstić information content (AvgIpc) is 2.86. The third-order valence-corrected chi connectivity index (χ3v) is 2.96. The number of benzene rings is 1. The van der Waals surface area contributed by atoms with Gasteiger partial charge in [0.1, 0.15) is 5.92 Å². The van der Waals surface area contributed by atoms with Crippen LogP contribution in [0.3, 0.4) is 0 Å². The predicted octanol–water partition coefficient (Wildman–Crippen LogP) is 2.78. The van der Waals surface area contributed by atoms with E-state index in [-0.39, 0.29) is 11.3 Å². The van der Waals surface area contributed by atoms with Gasteiger partial charge in [0.2, 0.25) is 11.8 Å². The van der Waals surface area contributed by atoms with Crippen molar-refractivity contribution in [3.05, 3.63) is 47.7 Å². The van der Waals surface area contributed by atoms with Crippen LogP contribution < -0.4 is 0 Å². The van der Waals surface area contributed by atoms with Crippen molar-refractivity contribution in [2.24, 2.45) is 0 Å². The monoisotopic (exact) mass is 274 g/mol. The van der Waals surface area contributed by atoms with E-state index in [1.165, 1.54) is 0 Å². The molecule has 0 saturated heterocycles. The predicted molar refractivity (Wildman–Crippen MR) is 73.5 cm³/mol. The summed E-state index contributed by atoms with van der Waals surface area (Å²) in [5.41, 5.74) is 0.636. The maximum absolute atomic E-state index is 11.4. The summed E-state index contributed by atoms with van der Waals surface area (Å²) in [6, 6.07) is 9.42. The molecular formula is C15H18N2O3. The highest BCUT2D eigenvalue weighted by atomic mass is 16.4. The first-order valence-corrected chi connectivity index (χ1v) is 6.48. The van der Waals surface area contributed by atoms with Gasteiger partial charge in [-0.2, -0.15) is 0 Å². The fourth-order valence-electron chi connectivity index (χ4n) is 1.81. The molecule has 2 aromatic rings. The van der Waals surface area contributed by atoms with Gasteiger partial charge in [-0.3, -0.25) is 4.79 Å². The van der Waals surface area contributed by atoms with Gasteiger partial charge in [0, 0.05) is 5.41 Å². The topological polar surface area (TPSA) is 76.2 Å². The van der Waals surface area contributed by atoms with Gasteiger partial charge in [-0.25, -0.2) is 0 Å². The number of carbonyl (C=O) groups is 1. The van der Waals surface area contributed by atoms with Crippen LogP contribution in [0.1, 0.15) is 44.0 Å². The zero-order valence-electron chi connectivity index (χ0n) is 11.8. The molecule has 1 N–H and O–H groups in total. The number of carboxylic acids is 1. The normalized spacial score (nSPS) is 13.2.